The number of aliphatic hydroxyl groups excluding tert-OH is 2. The molecule has 10 heteroatoms. The van der Waals surface area contributed by atoms with Crippen molar-refractivity contribution in [1.82, 2.24) is 20.4 Å². The Morgan fingerprint density at radius 2 is 1.77 bits per heavy atom. The van der Waals surface area contributed by atoms with Gasteiger partial charge in [-0.05, 0) is 41.3 Å². The number of hydrogen-bond acceptors (Lipinski definition) is 6. The van der Waals surface area contributed by atoms with Crippen molar-refractivity contribution in [2.45, 2.75) is 39.4 Å². The van der Waals surface area contributed by atoms with E-state index in [4.69, 9.17) is 16.9 Å². The fourth-order valence-corrected chi connectivity index (χ4v) is 3.78. The average Bonchev–Trinajstić information content (AvgIpc) is 3.17. The molecule has 0 aliphatic carbocycles. The zero-order chi connectivity index (χ0) is 25.8. The lowest BCUT2D eigenvalue weighted by Crippen LogP contribution is -2.56. The average molecular weight is 498 g/mol. The second-order valence-electron chi connectivity index (χ2n) is 9.32. The van der Waals surface area contributed by atoms with E-state index in [1.54, 1.807) is 55.8 Å². The van der Waals surface area contributed by atoms with Gasteiger partial charge in [0.2, 0.25) is 5.91 Å². The van der Waals surface area contributed by atoms with Crippen molar-refractivity contribution >= 4 is 34.3 Å². The molecule has 0 bridgehead atoms. The number of aromatic nitrogens is 2. The van der Waals surface area contributed by atoms with Crippen LogP contribution in [0.3, 0.4) is 0 Å². The third-order valence-corrected chi connectivity index (χ3v) is 5.77. The molecule has 0 saturated heterocycles. The van der Waals surface area contributed by atoms with Gasteiger partial charge in [-0.1, -0.05) is 44.5 Å². The highest BCUT2D eigenvalue weighted by atomic mass is 35.5. The van der Waals surface area contributed by atoms with Crippen LogP contribution in [0, 0.1) is 16.7 Å². The van der Waals surface area contributed by atoms with Crippen molar-refractivity contribution in [3.8, 4) is 6.07 Å². The summed E-state index contributed by atoms with van der Waals surface area (Å²) in [6.45, 7) is 4.87. The molecule has 9 nitrogen and oxygen atoms in total. The SMILES string of the molecule is CC(C)(C)[C@H](NC(=O)c1nn(Cc2ccc(C#N)cc2)c2ccc(Cl)cc12)C(=O)NC(CO)CO. The molecule has 2 amide bonds. The maximum absolute atomic E-state index is 13.4. The second-order valence-corrected chi connectivity index (χ2v) is 9.76. The summed E-state index contributed by atoms with van der Waals surface area (Å²) in [5, 5.41) is 38.4. The molecule has 3 aromatic rings. The molecule has 0 radical (unpaired) electrons. The number of amides is 2. The first-order valence-corrected chi connectivity index (χ1v) is 11.4. The van der Waals surface area contributed by atoms with Crippen LogP contribution in [0.2, 0.25) is 5.02 Å². The second kappa shape index (κ2) is 10.9. The van der Waals surface area contributed by atoms with Crippen molar-refractivity contribution in [3.05, 3.63) is 64.3 Å². The number of halogens is 1. The summed E-state index contributed by atoms with van der Waals surface area (Å²) in [4.78, 5) is 26.2. The van der Waals surface area contributed by atoms with Gasteiger partial charge < -0.3 is 20.8 Å². The van der Waals surface area contributed by atoms with E-state index in [0.29, 0.717) is 28.0 Å². The summed E-state index contributed by atoms with van der Waals surface area (Å²) < 4.78 is 1.67. The fourth-order valence-electron chi connectivity index (χ4n) is 3.61. The van der Waals surface area contributed by atoms with Gasteiger partial charge in [0.25, 0.3) is 5.91 Å². The van der Waals surface area contributed by atoms with Gasteiger partial charge in [0.1, 0.15) is 6.04 Å². The largest absolute Gasteiger partial charge is 0.394 e. The lowest BCUT2D eigenvalue weighted by molar-refractivity contribution is -0.126. The first-order chi connectivity index (χ1) is 16.6. The Balaban J connectivity index is 1.94. The van der Waals surface area contributed by atoms with Gasteiger partial charge in [0.15, 0.2) is 5.69 Å². The molecule has 2 aromatic carbocycles. The lowest BCUT2D eigenvalue weighted by Gasteiger charge is -2.31. The predicted octanol–water partition coefficient (Wildman–Crippen LogP) is 2.22. The first kappa shape index (κ1) is 26.2. The zero-order valence-electron chi connectivity index (χ0n) is 19.7. The van der Waals surface area contributed by atoms with Gasteiger partial charge in [0.05, 0.1) is 42.9 Å². The van der Waals surface area contributed by atoms with E-state index in [2.05, 4.69) is 21.8 Å². The summed E-state index contributed by atoms with van der Waals surface area (Å²) in [5.41, 5.74) is 1.55. The quantitative estimate of drug-likeness (QED) is 0.376. The first-order valence-electron chi connectivity index (χ1n) is 11.1. The van der Waals surface area contributed by atoms with E-state index in [1.165, 1.54) is 0 Å². The lowest BCUT2D eigenvalue weighted by atomic mass is 9.85. The minimum atomic E-state index is -0.964. The van der Waals surface area contributed by atoms with E-state index < -0.39 is 42.5 Å². The van der Waals surface area contributed by atoms with Crippen LogP contribution in [0.4, 0.5) is 0 Å². The number of rotatable bonds is 8. The number of aliphatic hydroxyl groups is 2. The van der Waals surface area contributed by atoms with E-state index in [-0.39, 0.29) is 5.69 Å². The van der Waals surface area contributed by atoms with Crippen LogP contribution in [0.15, 0.2) is 42.5 Å². The summed E-state index contributed by atoms with van der Waals surface area (Å²) in [7, 11) is 0. The van der Waals surface area contributed by atoms with Crippen molar-refractivity contribution in [1.29, 1.82) is 5.26 Å². The van der Waals surface area contributed by atoms with Gasteiger partial charge in [-0.25, -0.2) is 0 Å². The zero-order valence-corrected chi connectivity index (χ0v) is 20.5. The Kier molecular flexibility index (Phi) is 8.12. The van der Waals surface area contributed by atoms with Crippen LogP contribution >= 0.6 is 11.6 Å². The third-order valence-electron chi connectivity index (χ3n) is 5.53. The number of nitriles is 1. The van der Waals surface area contributed by atoms with Crippen LogP contribution in [0.25, 0.3) is 10.9 Å². The number of carbonyl (C=O) groups is 2. The van der Waals surface area contributed by atoms with Gasteiger partial charge in [-0.15, -0.1) is 0 Å². The maximum atomic E-state index is 13.4. The number of fused-ring (bicyclic) bond motifs is 1. The van der Waals surface area contributed by atoms with E-state index >= 15 is 0 Å². The molecule has 0 aliphatic heterocycles. The molecular formula is C25H28ClN5O4. The minimum Gasteiger partial charge on any atom is -0.394 e. The summed E-state index contributed by atoms with van der Waals surface area (Å²) in [6, 6.07) is 12.5. The van der Waals surface area contributed by atoms with Gasteiger partial charge in [0, 0.05) is 10.4 Å². The van der Waals surface area contributed by atoms with Gasteiger partial charge >= 0.3 is 0 Å². The molecule has 3 rings (SSSR count). The third kappa shape index (κ3) is 6.17. The van der Waals surface area contributed by atoms with Crippen LogP contribution in [0.5, 0.6) is 0 Å². The number of benzene rings is 2. The molecule has 184 valence electrons. The topological polar surface area (TPSA) is 140 Å². The molecule has 35 heavy (non-hydrogen) atoms. The van der Waals surface area contributed by atoms with Crippen LogP contribution in [-0.4, -0.2) is 57.1 Å². The Morgan fingerprint density at radius 1 is 1.11 bits per heavy atom. The standard InChI is InChI=1S/C25H28ClN5O4/c1-25(2,3)22(24(35)28-18(13-32)14-33)29-23(34)21-19-10-17(26)8-9-20(19)31(30-21)12-16-6-4-15(11-27)5-7-16/h4-10,18,22,32-33H,12-14H2,1-3H3,(H,28,35)(H,29,34)/t22-/m1/s1. The normalized spacial score (nSPS) is 12.4. The number of nitrogens with zero attached hydrogens (tertiary/aromatic N) is 3. The summed E-state index contributed by atoms with van der Waals surface area (Å²) in [6.07, 6.45) is 0. The van der Waals surface area contributed by atoms with Crippen LogP contribution < -0.4 is 10.6 Å². The fraction of sp³-hybridized carbons (Fsp3) is 0.360. The van der Waals surface area contributed by atoms with Crippen molar-refractivity contribution in [2.24, 2.45) is 5.41 Å². The minimum absolute atomic E-state index is 0.110. The molecule has 1 heterocycles. The Labute approximate surface area is 208 Å². The van der Waals surface area contributed by atoms with E-state index in [1.807, 2.05) is 12.1 Å². The smallest absolute Gasteiger partial charge is 0.273 e. The Bertz CT molecular complexity index is 1250. The van der Waals surface area contributed by atoms with E-state index in [0.717, 1.165) is 5.56 Å². The van der Waals surface area contributed by atoms with E-state index in [9.17, 15) is 19.8 Å². The monoisotopic (exact) mass is 497 g/mol. The maximum Gasteiger partial charge on any atom is 0.273 e. The Hall–Kier alpha value is -3.45. The van der Waals surface area contributed by atoms with Crippen molar-refractivity contribution < 1.29 is 19.8 Å². The highest BCUT2D eigenvalue weighted by molar-refractivity contribution is 6.31. The molecule has 4 N–H and O–H groups in total. The predicted molar refractivity (Wildman–Crippen MR) is 132 cm³/mol. The van der Waals surface area contributed by atoms with Gasteiger partial charge in [-0.2, -0.15) is 10.4 Å². The van der Waals surface area contributed by atoms with Gasteiger partial charge in [-0.3, -0.25) is 14.3 Å². The molecule has 1 aromatic heterocycles. The highest BCUT2D eigenvalue weighted by Gasteiger charge is 2.35. The molecule has 0 spiro atoms. The highest BCUT2D eigenvalue weighted by Crippen LogP contribution is 2.25. The molecular weight excluding hydrogens is 470 g/mol. The molecule has 0 saturated carbocycles. The van der Waals surface area contributed by atoms with Crippen LogP contribution in [0.1, 0.15) is 42.4 Å². The number of nitrogens with one attached hydrogen (secondary N) is 2. The van der Waals surface area contributed by atoms with Crippen LogP contribution in [-0.2, 0) is 11.3 Å². The van der Waals surface area contributed by atoms with Crippen molar-refractivity contribution in [2.75, 3.05) is 13.2 Å². The molecule has 1 atom stereocenters. The number of carbonyl (C=O) groups excluding carboxylic acids is 2. The van der Waals surface area contributed by atoms with Crippen molar-refractivity contribution in [3.63, 3.8) is 0 Å². The number of hydrogen-bond donors (Lipinski definition) is 4. The molecule has 0 unspecified atom stereocenters. The summed E-state index contributed by atoms with van der Waals surface area (Å²) in [5.74, 6) is -1.09. The Morgan fingerprint density at radius 3 is 2.34 bits per heavy atom. The molecule has 0 aliphatic rings. The molecule has 0 fully saturated rings. The summed E-state index contributed by atoms with van der Waals surface area (Å²) >= 11 is 6.21.